The predicted molar refractivity (Wildman–Crippen MR) is 115 cm³/mol. The van der Waals surface area contributed by atoms with Crippen LogP contribution in [0.15, 0.2) is 29.3 Å². The van der Waals surface area contributed by atoms with Crippen molar-refractivity contribution in [1.29, 1.82) is 0 Å². The molecule has 0 amide bonds. The number of guanidine groups is 1. The van der Waals surface area contributed by atoms with Gasteiger partial charge in [-0.2, -0.15) is 0 Å². The third-order valence-corrected chi connectivity index (χ3v) is 5.43. The highest BCUT2D eigenvalue weighted by atomic mass is 127. The molecule has 1 aliphatic carbocycles. The van der Waals surface area contributed by atoms with Crippen LogP contribution in [0.2, 0.25) is 0 Å². The lowest BCUT2D eigenvalue weighted by atomic mass is 9.82. The Morgan fingerprint density at radius 1 is 1.16 bits per heavy atom. The van der Waals surface area contributed by atoms with Gasteiger partial charge in [-0.05, 0) is 55.7 Å². The molecule has 1 aromatic rings. The van der Waals surface area contributed by atoms with Crippen molar-refractivity contribution in [3.05, 3.63) is 29.8 Å². The van der Waals surface area contributed by atoms with Gasteiger partial charge in [0.1, 0.15) is 5.75 Å². The topological polar surface area (TPSA) is 36.9 Å². The summed E-state index contributed by atoms with van der Waals surface area (Å²) in [6, 6.07) is 8.31. The summed E-state index contributed by atoms with van der Waals surface area (Å²) in [6.07, 6.45) is 6.62. The van der Waals surface area contributed by atoms with Gasteiger partial charge in [0, 0.05) is 26.2 Å². The summed E-state index contributed by atoms with van der Waals surface area (Å²) in [6.45, 7) is 6.31. The van der Waals surface area contributed by atoms with E-state index in [4.69, 9.17) is 9.73 Å². The molecule has 1 saturated heterocycles. The fourth-order valence-electron chi connectivity index (χ4n) is 4.09. The van der Waals surface area contributed by atoms with E-state index >= 15 is 0 Å². The fraction of sp³-hybridized carbons (Fsp3) is 0.650. The Hall–Kier alpha value is -0.980. The van der Waals surface area contributed by atoms with Gasteiger partial charge in [-0.15, -0.1) is 24.0 Å². The number of nitrogens with zero attached hydrogens (tertiary/aromatic N) is 2. The molecule has 3 rings (SSSR count). The molecule has 4 nitrogen and oxygen atoms in total. The van der Waals surface area contributed by atoms with Crippen molar-refractivity contribution in [1.82, 2.24) is 10.2 Å². The standard InChI is InChI=1S/C20H31N3O.HI/c1-3-21-20(23-14-17-6-4-5-7-18(17)15-23)22-13-12-16-8-10-19(24-2)11-9-16;/h8-11,17-18H,3-7,12-15H2,1-2H3,(H,21,22);1H. The molecule has 140 valence electrons. The maximum absolute atomic E-state index is 5.21. The quantitative estimate of drug-likeness (QED) is 0.414. The number of halogens is 1. The lowest BCUT2D eigenvalue weighted by Gasteiger charge is -2.22. The second kappa shape index (κ2) is 10.2. The highest BCUT2D eigenvalue weighted by molar-refractivity contribution is 14.0. The van der Waals surface area contributed by atoms with Gasteiger partial charge in [0.25, 0.3) is 0 Å². The highest BCUT2D eigenvalue weighted by Crippen LogP contribution is 2.35. The van der Waals surface area contributed by atoms with Crippen LogP contribution >= 0.6 is 24.0 Å². The van der Waals surface area contributed by atoms with E-state index in [1.807, 2.05) is 12.1 Å². The Morgan fingerprint density at radius 2 is 1.80 bits per heavy atom. The first-order valence-corrected chi connectivity index (χ1v) is 9.46. The summed E-state index contributed by atoms with van der Waals surface area (Å²) in [5.74, 6) is 3.81. The zero-order valence-electron chi connectivity index (χ0n) is 15.5. The Bertz CT molecular complexity index is 532. The van der Waals surface area contributed by atoms with Crippen molar-refractivity contribution in [2.45, 2.75) is 39.0 Å². The fourth-order valence-corrected chi connectivity index (χ4v) is 4.09. The van der Waals surface area contributed by atoms with E-state index in [0.29, 0.717) is 0 Å². The molecule has 0 aromatic heterocycles. The second-order valence-corrected chi connectivity index (χ2v) is 7.04. The van der Waals surface area contributed by atoms with Gasteiger partial charge in [-0.25, -0.2) is 0 Å². The van der Waals surface area contributed by atoms with E-state index in [9.17, 15) is 0 Å². The molecule has 25 heavy (non-hydrogen) atoms. The summed E-state index contributed by atoms with van der Waals surface area (Å²) in [5, 5.41) is 3.49. The van der Waals surface area contributed by atoms with Crippen molar-refractivity contribution >= 4 is 29.9 Å². The van der Waals surface area contributed by atoms with Crippen LogP contribution in [0.1, 0.15) is 38.2 Å². The van der Waals surface area contributed by atoms with Crippen LogP contribution < -0.4 is 10.1 Å². The van der Waals surface area contributed by atoms with Crippen molar-refractivity contribution in [2.75, 3.05) is 33.3 Å². The number of aliphatic imine (C=N–C) groups is 1. The Balaban J connectivity index is 0.00000225. The Kier molecular flexibility index (Phi) is 8.33. The largest absolute Gasteiger partial charge is 0.497 e. The summed E-state index contributed by atoms with van der Waals surface area (Å²) < 4.78 is 5.21. The molecule has 0 bridgehead atoms. The van der Waals surface area contributed by atoms with Gasteiger partial charge in [-0.1, -0.05) is 25.0 Å². The molecule has 1 saturated carbocycles. The molecule has 0 spiro atoms. The minimum atomic E-state index is 0. The average Bonchev–Trinajstić information content (AvgIpc) is 3.05. The summed E-state index contributed by atoms with van der Waals surface area (Å²) in [4.78, 5) is 7.39. The molecule has 1 heterocycles. The monoisotopic (exact) mass is 457 g/mol. The number of benzene rings is 1. The number of likely N-dealkylation sites (tertiary alicyclic amines) is 1. The SMILES string of the molecule is CCNC(=NCCc1ccc(OC)cc1)N1CC2CCCCC2C1.I. The van der Waals surface area contributed by atoms with Crippen LogP contribution in [0, 0.1) is 11.8 Å². The van der Waals surface area contributed by atoms with Crippen LogP contribution in [-0.4, -0.2) is 44.1 Å². The van der Waals surface area contributed by atoms with E-state index in [1.54, 1.807) is 7.11 Å². The van der Waals surface area contributed by atoms with Gasteiger partial charge in [0.05, 0.1) is 7.11 Å². The molecule has 1 aliphatic heterocycles. The molecule has 5 heteroatoms. The number of fused-ring (bicyclic) bond motifs is 1. The molecule has 2 aliphatic rings. The molecule has 0 radical (unpaired) electrons. The van der Waals surface area contributed by atoms with Crippen molar-refractivity contribution in [3.63, 3.8) is 0 Å². The minimum absolute atomic E-state index is 0. The van der Waals surface area contributed by atoms with E-state index < -0.39 is 0 Å². The van der Waals surface area contributed by atoms with Crippen molar-refractivity contribution in [3.8, 4) is 5.75 Å². The molecule has 1 N–H and O–H groups in total. The highest BCUT2D eigenvalue weighted by Gasteiger charge is 2.35. The number of hydrogen-bond acceptors (Lipinski definition) is 2. The molecule has 2 fully saturated rings. The zero-order chi connectivity index (χ0) is 16.8. The van der Waals surface area contributed by atoms with Gasteiger partial charge in [0.15, 0.2) is 5.96 Å². The van der Waals surface area contributed by atoms with E-state index in [0.717, 1.165) is 43.1 Å². The lowest BCUT2D eigenvalue weighted by Crippen LogP contribution is -2.40. The van der Waals surface area contributed by atoms with E-state index in [1.165, 1.54) is 44.3 Å². The maximum Gasteiger partial charge on any atom is 0.193 e. The Labute approximate surface area is 169 Å². The zero-order valence-corrected chi connectivity index (χ0v) is 17.9. The Morgan fingerprint density at radius 3 is 2.36 bits per heavy atom. The van der Waals surface area contributed by atoms with Crippen LogP contribution in [0.5, 0.6) is 5.75 Å². The van der Waals surface area contributed by atoms with Crippen LogP contribution in [-0.2, 0) is 6.42 Å². The van der Waals surface area contributed by atoms with Crippen molar-refractivity contribution in [2.24, 2.45) is 16.8 Å². The first-order valence-electron chi connectivity index (χ1n) is 9.46. The van der Waals surface area contributed by atoms with Crippen LogP contribution in [0.25, 0.3) is 0 Å². The molecule has 1 aromatic carbocycles. The van der Waals surface area contributed by atoms with Crippen molar-refractivity contribution < 1.29 is 4.74 Å². The van der Waals surface area contributed by atoms with Gasteiger partial charge in [-0.3, -0.25) is 4.99 Å². The summed E-state index contributed by atoms with van der Waals surface area (Å²) >= 11 is 0. The third-order valence-electron chi connectivity index (χ3n) is 5.43. The number of nitrogens with one attached hydrogen (secondary N) is 1. The van der Waals surface area contributed by atoms with Crippen LogP contribution in [0.4, 0.5) is 0 Å². The van der Waals surface area contributed by atoms with E-state index in [-0.39, 0.29) is 24.0 Å². The second-order valence-electron chi connectivity index (χ2n) is 7.04. The van der Waals surface area contributed by atoms with Gasteiger partial charge < -0.3 is 15.0 Å². The molecule has 2 unspecified atom stereocenters. The average molecular weight is 457 g/mol. The normalized spacial score (nSPS) is 23.0. The number of rotatable bonds is 5. The molecule has 2 atom stereocenters. The molecular weight excluding hydrogens is 425 g/mol. The van der Waals surface area contributed by atoms with Gasteiger partial charge in [0.2, 0.25) is 0 Å². The number of methoxy groups -OCH3 is 1. The maximum atomic E-state index is 5.21. The number of ether oxygens (including phenoxy) is 1. The minimum Gasteiger partial charge on any atom is -0.497 e. The predicted octanol–water partition coefficient (Wildman–Crippen LogP) is 3.94. The van der Waals surface area contributed by atoms with Crippen LogP contribution in [0.3, 0.4) is 0 Å². The summed E-state index contributed by atoms with van der Waals surface area (Å²) in [7, 11) is 1.70. The first-order chi connectivity index (χ1) is 11.8. The van der Waals surface area contributed by atoms with Gasteiger partial charge >= 0.3 is 0 Å². The number of hydrogen-bond donors (Lipinski definition) is 1. The first kappa shape index (κ1) is 20.3. The lowest BCUT2D eigenvalue weighted by molar-refractivity contribution is 0.299. The molecular formula is C20H32IN3O. The smallest absolute Gasteiger partial charge is 0.193 e. The van der Waals surface area contributed by atoms with E-state index in [2.05, 4.69) is 29.3 Å². The summed E-state index contributed by atoms with van der Waals surface area (Å²) in [5.41, 5.74) is 1.31. The third kappa shape index (κ3) is 5.50.